The first-order chi connectivity index (χ1) is 13.3. The van der Waals surface area contributed by atoms with Crippen LogP contribution in [0, 0.1) is 0 Å². The minimum Gasteiger partial charge on any atom is -0.483 e. The summed E-state index contributed by atoms with van der Waals surface area (Å²) in [6.07, 6.45) is 2.99. The lowest BCUT2D eigenvalue weighted by molar-refractivity contribution is -0.124. The molecule has 2 aliphatic rings. The van der Waals surface area contributed by atoms with E-state index in [0.717, 1.165) is 55.9 Å². The van der Waals surface area contributed by atoms with Crippen LogP contribution in [0.25, 0.3) is 0 Å². The quantitative estimate of drug-likeness (QED) is 0.856. The number of carbonyl (C=O) groups is 1. The molecule has 1 aromatic carbocycles. The van der Waals surface area contributed by atoms with Crippen LogP contribution in [0.5, 0.6) is 5.75 Å². The molecule has 0 bridgehead atoms. The van der Waals surface area contributed by atoms with E-state index in [1.165, 1.54) is 0 Å². The lowest BCUT2D eigenvalue weighted by Crippen LogP contribution is -2.45. The molecule has 2 aliphatic heterocycles. The Labute approximate surface area is 163 Å². The van der Waals surface area contributed by atoms with Crippen molar-refractivity contribution in [3.05, 3.63) is 46.4 Å². The van der Waals surface area contributed by atoms with Crippen molar-refractivity contribution in [1.29, 1.82) is 0 Å². The lowest BCUT2D eigenvalue weighted by atomic mass is 10.1. The maximum Gasteiger partial charge on any atom is 0.258 e. The van der Waals surface area contributed by atoms with Crippen molar-refractivity contribution in [2.75, 3.05) is 26.3 Å². The van der Waals surface area contributed by atoms with Crippen LogP contribution < -0.4 is 10.1 Å². The van der Waals surface area contributed by atoms with E-state index in [2.05, 4.69) is 26.6 Å². The third-order valence-electron chi connectivity index (χ3n) is 5.06. The molecule has 0 unspecified atom stereocenters. The van der Waals surface area contributed by atoms with Gasteiger partial charge in [0.2, 0.25) is 0 Å². The van der Waals surface area contributed by atoms with Crippen molar-refractivity contribution in [3.63, 3.8) is 0 Å². The van der Waals surface area contributed by atoms with Crippen molar-refractivity contribution in [2.45, 2.75) is 38.0 Å². The summed E-state index contributed by atoms with van der Waals surface area (Å²) >= 11 is 1.61. The van der Waals surface area contributed by atoms with Crippen LogP contribution in [0.4, 0.5) is 0 Å². The van der Waals surface area contributed by atoms with Crippen molar-refractivity contribution in [2.24, 2.45) is 0 Å². The number of likely N-dealkylation sites (tertiary alicyclic amines) is 1. The van der Waals surface area contributed by atoms with Crippen molar-refractivity contribution in [1.82, 2.24) is 15.2 Å². The molecule has 4 rings (SSSR count). The zero-order valence-electron chi connectivity index (χ0n) is 15.3. The monoisotopic (exact) mass is 387 g/mol. The SMILES string of the molecule is O=C1COc2ccccc2CCCCO[C@@H]2CN(Cc3cscn3)C[C@H]2N1. The van der Waals surface area contributed by atoms with Gasteiger partial charge < -0.3 is 14.8 Å². The number of hydrogen-bond donors (Lipinski definition) is 1. The normalized spacial score (nSPS) is 24.5. The van der Waals surface area contributed by atoms with Crippen LogP contribution in [0.3, 0.4) is 0 Å². The molecule has 6 nitrogen and oxygen atoms in total. The first-order valence-electron chi connectivity index (χ1n) is 9.49. The van der Waals surface area contributed by atoms with E-state index >= 15 is 0 Å². The Bertz CT molecular complexity index is 753. The second kappa shape index (κ2) is 8.82. The van der Waals surface area contributed by atoms with Crippen LogP contribution in [0.1, 0.15) is 24.1 Å². The van der Waals surface area contributed by atoms with Crippen LogP contribution >= 0.6 is 11.3 Å². The average Bonchev–Trinajstić information content (AvgIpc) is 3.30. The predicted octanol–water partition coefficient (Wildman–Crippen LogP) is 2.24. The largest absolute Gasteiger partial charge is 0.483 e. The van der Waals surface area contributed by atoms with Crippen molar-refractivity contribution < 1.29 is 14.3 Å². The number of nitrogens with one attached hydrogen (secondary N) is 1. The molecule has 7 heteroatoms. The zero-order valence-corrected chi connectivity index (χ0v) is 16.1. The molecule has 1 fully saturated rings. The van der Waals surface area contributed by atoms with E-state index in [-0.39, 0.29) is 24.7 Å². The van der Waals surface area contributed by atoms with E-state index in [4.69, 9.17) is 9.47 Å². The Kier molecular flexibility index (Phi) is 6.01. The number of nitrogens with zero attached hydrogens (tertiary/aromatic N) is 2. The van der Waals surface area contributed by atoms with Crippen LogP contribution in [0.2, 0.25) is 0 Å². The molecule has 0 aliphatic carbocycles. The summed E-state index contributed by atoms with van der Waals surface area (Å²) in [6, 6.07) is 7.95. The smallest absolute Gasteiger partial charge is 0.258 e. The number of aryl methyl sites for hydroxylation is 1. The molecule has 2 atom stereocenters. The van der Waals surface area contributed by atoms with E-state index in [0.29, 0.717) is 6.61 Å². The van der Waals surface area contributed by atoms with Crippen molar-refractivity contribution in [3.8, 4) is 5.75 Å². The molecule has 1 N–H and O–H groups in total. The van der Waals surface area contributed by atoms with Gasteiger partial charge in [0.05, 0.1) is 23.4 Å². The van der Waals surface area contributed by atoms with Gasteiger partial charge in [-0.2, -0.15) is 0 Å². The molecular formula is C20H25N3O3S. The summed E-state index contributed by atoms with van der Waals surface area (Å²) < 4.78 is 11.9. The Morgan fingerprint density at radius 3 is 3.07 bits per heavy atom. The maximum absolute atomic E-state index is 12.4. The second-order valence-electron chi connectivity index (χ2n) is 7.11. The number of thiazole rings is 1. The first-order valence-corrected chi connectivity index (χ1v) is 10.4. The number of amides is 1. The molecule has 0 spiro atoms. The topological polar surface area (TPSA) is 63.7 Å². The highest BCUT2D eigenvalue weighted by Crippen LogP contribution is 2.22. The summed E-state index contributed by atoms with van der Waals surface area (Å²) in [5.41, 5.74) is 4.08. The lowest BCUT2D eigenvalue weighted by Gasteiger charge is -2.20. The number of carbonyl (C=O) groups excluding carboxylic acids is 1. The van der Waals surface area contributed by atoms with E-state index < -0.39 is 0 Å². The number of ether oxygens (including phenoxy) is 2. The fourth-order valence-corrected chi connectivity index (χ4v) is 4.28. The molecule has 144 valence electrons. The van der Waals surface area contributed by atoms with E-state index in [9.17, 15) is 4.79 Å². The summed E-state index contributed by atoms with van der Waals surface area (Å²) in [5.74, 6) is 0.708. The van der Waals surface area contributed by atoms with E-state index in [1.807, 2.05) is 23.7 Å². The fourth-order valence-electron chi connectivity index (χ4n) is 3.73. The van der Waals surface area contributed by atoms with Gasteiger partial charge in [-0.3, -0.25) is 9.69 Å². The minimum atomic E-state index is -0.0989. The highest BCUT2D eigenvalue weighted by molar-refractivity contribution is 7.07. The standard InChI is InChI=1S/C20H25N3O3S/c24-20-12-26-18-7-2-1-5-15(18)6-3-4-8-25-19-11-23(10-17(19)22-20)9-16-13-27-14-21-16/h1-2,5,7,13-14,17,19H,3-4,6,8-12H2,(H,22,24)/t17-,19-/m1/s1. The van der Waals surface area contributed by atoms with Gasteiger partial charge in [0.25, 0.3) is 5.91 Å². The average molecular weight is 388 g/mol. The molecule has 1 aromatic heterocycles. The number of rotatable bonds is 2. The third kappa shape index (κ3) is 4.86. The van der Waals surface area contributed by atoms with Crippen LogP contribution in [0.15, 0.2) is 35.2 Å². The summed E-state index contributed by atoms with van der Waals surface area (Å²) in [4.78, 5) is 19.1. The van der Waals surface area contributed by atoms with Gasteiger partial charge in [-0.05, 0) is 30.9 Å². The van der Waals surface area contributed by atoms with E-state index in [1.54, 1.807) is 11.3 Å². The van der Waals surface area contributed by atoms with Crippen LogP contribution in [-0.2, 0) is 22.5 Å². The predicted molar refractivity (Wildman–Crippen MR) is 104 cm³/mol. The Morgan fingerprint density at radius 1 is 1.26 bits per heavy atom. The number of fused-ring (bicyclic) bond motifs is 2. The third-order valence-corrected chi connectivity index (χ3v) is 5.70. The molecular weight excluding hydrogens is 362 g/mol. The first kappa shape index (κ1) is 18.4. The number of benzene rings is 1. The molecule has 27 heavy (non-hydrogen) atoms. The van der Waals surface area contributed by atoms with Crippen LogP contribution in [-0.4, -0.2) is 54.2 Å². The molecule has 2 aromatic rings. The maximum atomic E-state index is 12.4. The summed E-state index contributed by atoms with van der Waals surface area (Å²) in [6.45, 7) is 3.12. The number of hydrogen-bond acceptors (Lipinski definition) is 6. The molecule has 0 saturated carbocycles. The highest BCUT2D eigenvalue weighted by Gasteiger charge is 2.34. The van der Waals surface area contributed by atoms with Gasteiger partial charge in [0, 0.05) is 31.6 Å². The Morgan fingerprint density at radius 2 is 2.19 bits per heavy atom. The molecule has 0 radical (unpaired) electrons. The summed E-state index contributed by atoms with van der Waals surface area (Å²) in [7, 11) is 0. The second-order valence-corrected chi connectivity index (χ2v) is 7.83. The molecule has 1 saturated heterocycles. The molecule has 1 amide bonds. The Balaban J connectivity index is 1.42. The van der Waals surface area contributed by atoms with Gasteiger partial charge in [-0.15, -0.1) is 11.3 Å². The van der Waals surface area contributed by atoms with Crippen molar-refractivity contribution >= 4 is 17.2 Å². The minimum absolute atomic E-state index is 0.00992. The van der Waals surface area contributed by atoms with Gasteiger partial charge >= 0.3 is 0 Å². The number of para-hydroxylation sites is 1. The van der Waals surface area contributed by atoms with Gasteiger partial charge in [-0.1, -0.05) is 18.2 Å². The summed E-state index contributed by atoms with van der Waals surface area (Å²) in [5, 5.41) is 5.18. The Hall–Kier alpha value is -1.96. The van der Waals surface area contributed by atoms with Gasteiger partial charge in [0.1, 0.15) is 5.75 Å². The fraction of sp³-hybridized carbons (Fsp3) is 0.500. The highest BCUT2D eigenvalue weighted by atomic mass is 32.1. The van der Waals surface area contributed by atoms with Gasteiger partial charge in [-0.25, -0.2) is 4.98 Å². The van der Waals surface area contributed by atoms with Gasteiger partial charge in [0.15, 0.2) is 6.61 Å². The number of aromatic nitrogens is 1. The molecule has 3 heterocycles. The zero-order chi connectivity index (χ0) is 18.5.